The minimum Gasteiger partial charge on any atom is -0.368 e. The van der Waals surface area contributed by atoms with Crippen LogP contribution in [-0.2, 0) is 4.79 Å². The first-order valence-corrected chi connectivity index (χ1v) is 6.82. The topological polar surface area (TPSA) is 120 Å². The van der Waals surface area contributed by atoms with E-state index in [2.05, 4.69) is 20.3 Å². The Balaban J connectivity index is 2.00. The molecule has 110 valence electrons. The average molecular weight is 308 g/mol. The molecule has 0 saturated carbocycles. The number of hydrogen-bond acceptors (Lipinski definition) is 7. The predicted molar refractivity (Wildman–Crippen MR) is 79.0 cm³/mol. The first-order chi connectivity index (χ1) is 9.94. The highest BCUT2D eigenvalue weighted by atomic mass is 32.2. The van der Waals surface area contributed by atoms with Crippen LogP contribution in [-0.4, -0.2) is 26.1 Å². The molecule has 9 heteroatoms. The third-order valence-electron chi connectivity index (χ3n) is 2.41. The molecule has 1 unspecified atom stereocenters. The van der Waals surface area contributed by atoms with E-state index in [9.17, 15) is 9.18 Å². The molecular formula is C12H13FN6OS. The van der Waals surface area contributed by atoms with Gasteiger partial charge in [-0.3, -0.25) is 4.79 Å². The Morgan fingerprint density at radius 1 is 1.19 bits per heavy atom. The quantitative estimate of drug-likeness (QED) is 0.728. The van der Waals surface area contributed by atoms with Crippen LogP contribution in [0.4, 0.5) is 22.0 Å². The molecule has 0 saturated heterocycles. The number of carbonyl (C=O) groups excluding carboxylic acids is 1. The van der Waals surface area contributed by atoms with Crippen LogP contribution in [0.2, 0.25) is 0 Å². The Morgan fingerprint density at radius 3 is 2.33 bits per heavy atom. The fraction of sp³-hybridized carbons (Fsp3) is 0.167. The molecule has 0 spiro atoms. The van der Waals surface area contributed by atoms with Gasteiger partial charge >= 0.3 is 0 Å². The molecule has 1 aromatic heterocycles. The van der Waals surface area contributed by atoms with Gasteiger partial charge in [0.2, 0.25) is 17.8 Å². The number of halogens is 1. The number of thioether (sulfide) groups is 1. The number of carbonyl (C=O) groups is 1. The smallest absolute Gasteiger partial charge is 0.237 e. The average Bonchev–Trinajstić information content (AvgIpc) is 2.40. The number of nitrogens with two attached hydrogens (primary N) is 2. The van der Waals surface area contributed by atoms with Gasteiger partial charge in [0.25, 0.3) is 0 Å². The van der Waals surface area contributed by atoms with Crippen LogP contribution >= 0.6 is 11.8 Å². The molecule has 2 aromatic rings. The van der Waals surface area contributed by atoms with E-state index in [0.29, 0.717) is 5.69 Å². The predicted octanol–water partition coefficient (Wildman–Crippen LogP) is 1.29. The van der Waals surface area contributed by atoms with Crippen molar-refractivity contribution in [2.75, 3.05) is 16.8 Å². The van der Waals surface area contributed by atoms with Crippen LogP contribution in [0.1, 0.15) is 6.92 Å². The van der Waals surface area contributed by atoms with Crippen LogP contribution in [0.15, 0.2) is 29.4 Å². The van der Waals surface area contributed by atoms with Crippen molar-refractivity contribution in [2.45, 2.75) is 17.3 Å². The Hall–Kier alpha value is -2.42. The van der Waals surface area contributed by atoms with Crippen LogP contribution < -0.4 is 16.8 Å². The molecule has 2 rings (SSSR count). The normalized spacial score (nSPS) is 11.9. The number of nitrogens with zero attached hydrogens (tertiary/aromatic N) is 3. The van der Waals surface area contributed by atoms with Gasteiger partial charge in [-0.25, -0.2) is 4.39 Å². The molecular weight excluding hydrogens is 295 g/mol. The van der Waals surface area contributed by atoms with E-state index in [0.717, 1.165) is 11.8 Å². The standard InChI is InChI=1S/C12H13FN6OS/c1-6(21-12-18-10(14)17-11(15)19-12)9(20)16-8-4-2-7(13)3-5-8/h2-6H,1H3,(H,16,20)(H4,14,15,17,18,19). The van der Waals surface area contributed by atoms with Gasteiger partial charge in [-0.15, -0.1) is 0 Å². The Bertz CT molecular complexity index is 630. The summed E-state index contributed by atoms with van der Waals surface area (Å²) < 4.78 is 12.8. The summed E-state index contributed by atoms with van der Waals surface area (Å²) in [7, 11) is 0. The zero-order chi connectivity index (χ0) is 15.4. The fourth-order valence-corrected chi connectivity index (χ4v) is 2.20. The molecule has 1 atom stereocenters. The van der Waals surface area contributed by atoms with E-state index in [1.165, 1.54) is 24.3 Å². The van der Waals surface area contributed by atoms with E-state index in [-0.39, 0.29) is 28.8 Å². The van der Waals surface area contributed by atoms with Gasteiger partial charge in [0.15, 0.2) is 5.16 Å². The Morgan fingerprint density at radius 2 is 1.76 bits per heavy atom. The number of anilines is 3. The first kappa shape index (κ1) is 15.0. The summed E-state index contributed by atoms with van der Waals surface area (Å²) in [5.74, 6) is -0.650. The van der Waals surface area contributed by atoms with Gasteiger partial charge in [0, 0.05) is 5.69 Å². The third-order valence-corrected chi connectivity index (χ3v) is 3.37. The first-order valence-electron chi connectivity index (χ1n) is 5.94. The van der Waals surface area contributed by atoms with Gasteiger partial charge in [0.05, 0.1) is 5.25 Å². The molecule has 21 heavy (non-hydrogen) atoms. The molecule has 7 nitrogen and oxygen atoms in total. The van der Waals surface area contributed by atoms with Crippen LogP contribution in [0.25, 0.3) is 0 Å². The van der Waals surface area contributed by atoms with Crippen molar-refractivity contribution in [3.8, 4) is 0 Å². The van der Waals surface area contributed by atoms with Gasteiger partial charge in [-0.2, -0.15) is 15.0 Å². The molecule has 1 heterocycles. The van der Waals surface area contributed by atoms with Gasteiger partial charge in [-0.1, -0.05) is 11.8 Å². The van der Waals surface area contributed by atoms with Crippen LogP contribution in [0.5, 0.6) is 0 Å². The number of amides is 1. The zero-order valence-electron chi connectivity index (χ0n) is 11.1. The molecule has 0 aliphatic rings. The number of nitrogens with one attached hydrogen (secondary N) is 1. The van der Waals surface area contributed by atoms with E-state index in [1.807, 2.05) is 0 Å². The summed E-state index contributed by atoms with van der Waals surface area (Å²) in [4.78, 5) is 23.4. The summed E-state index contributed by atoms with van der Waals surface area (Å²) in [6.45, 7) is 1.68. The molecule has 1 aromatic carbocycles. The lowest BCUT2D eigenvalue weighted by atomic mass is 10.3. The zero-order valence-corrected chi connectivity index (χ0v) is 11.9. The fourth-order valence-electron chi connectivity index (χ4n) is 1.43. The van der Waals surface area contributed by atoms with Gasteiger partial charge in [-0.05, 0) is 31.2 Å². The van der Waals surface area contributed by atoms with Crippen molar-refractivity contribution in [2.24, 2.45) is 0 Å². The number of nitrogen functional groups attached to an aromatic ring is 2. The largest absolute Gasteiger partial charge is 0.368 e. The van der Waals surface area contributed by atoms with Gasteiger partial charge < -0.3 is 16.8 Å². The molecule has 0 bridgehead atoms. The van der Waals surface area contributed by atoms with E-state index in [4.69, 9.17) is 11.5 Å². The van der Waals surface area contributed by atoms with Crippen molar-refractivity contribution in [1.29, 1.82) is 0 Å². The van der Waals surface area contributed by atoms with Crippen molar-refractivity contribution in [3.63, 3.8) is 0 Å². The second-order valence-electron chi connectivity index (χ2n) is 4.09. The number of benzene rings is 1. The van der Waals surface area contributed by atoms with E-state index < -0.39 is 5.25 Å². The second kappa shape index (κ2) is 6.35. The Labute approximate surface area is 124 Å². The summed E-state index contributed by atoms with van der Waals surface area (Å²) in [6, 6.07) is 5.48. The third kappa shape index (κ3) is 4.28. The van der Waals surface area contributed by atoms with E-state index in [1.54, 1.807) is 6.92 Å². The molecule has 1 amide bonds. The number of aromatic nitrogens is 3. The SMILES string of the molecule is CC(Sc1nc(N)nc(N)n1)C(=O)Nc1ccc(F)cc1. The molecule has 0 radical (unpaired) electrons. The van der Waals surface area contributed by atoms with Crippen LogP contribution in [0, 0.1) is 5.82 Å². The van der Waals surface area contributed by atoms with Crippen molar-refractivity contribution >= 4 is 35.3 Å². The lowest BCUT2D eigenvalue weighted by Gasteiger charge is -2.11. The maximum Gasteiger partial charge on any atom is 0.237 e. The second-order valence-corrected chi connectivity index (χ2v) is 5.40. The Kier molecular flexibility index (Phi) is 4.53. The van der Waals surface area contributed by atoms with Crippen LogP contribution in [0.3, 0.4) is 0 Å². The highest BCUT2D eigenvalue weighted by Crippen LogP contribution is 2.21. The minimum atomic E-state index is -0.490. The van der Waals surface area contributed by atoms with Crippen molar-refractivity contribution < 1.29 is 9.18 Å². The van der Waals surface area contributed by atoms with Crippen molar-refractivity contribution in [3.05, 3.63) is 30.1 Å². The molecule has 0 fully saturated rings. The maximum atomic E-state index is 12.8. The van der Waals surface area contributed by atoms with Crippen molar-refractivity contribution in [1.82, 2.24) is 15.0 Å². The van der Waals surface area contributed by atoms with Gasteiger partial charge in [0.1, 0.15) is 5.82 Å². The highest BCUT2D eigenvalue weighted by Gasteiger charge is 2.17. The lowest BCUT2D eigenvalue weighted by Crippen LogP contribution is -2.22. The number of hydrogen-bond donors (Lipinski definition) is 3. The lowest BCUT2D eigenvalue weighted by molar-refractivity contribution is -0.115. The summed E-state index contributed by atoms with van der Waals surface area (Å²) in [6.07, 6.45) is 0. The number of rotatable bonds is 4. The maximum absolute atomic E-state index is 12.8. The minimum absolute atomic E-state index is 0.00357. The summed E-state index contributed by atoms with van der Waals surface area (Å²) in [5, 5.41) is 2.43. The molecule has 0 aliphatic heterocycles. The highest BCUT2D eigenvalue weighted by molar-refractivity contribution is 8.00. The molecule has 0 aliphatic carbocycles. The summed E-state index contributed by atoms with van der Waals surface area (Å²) in [5.41, 5.74) is 11.4. The molecule has 5 N–H and O–H groups in total. The summed E-state index contributed by atoms with van der Waals surface area (Å²) >= 11 is 1.09. The monoisotopic (exact) mass is 308 g/mol. The van der Waals surface area contributed by atoms with E-state index >= 15 is 0 Å².